The van der Waals surface area contributed by atoms with Gasteiger partial charge in [-0.05, 0) is 36.5 Å². The van der Waals surface area contributed by atoms with E-state index in [-0.39, 0.29) is 17.3 Å². The Bertz CT molecular complexity index is 721. The van der Waals surface area contributed by atoms with E-state index in [4.69, 9.17) is 0 Å². The summed E-state index contributed by atoms with van der Waals surface area (Å²) in [4.78, 5) is 23.7. The molecule has 1 aromatic heterocycles. The van der Waals surface area contributed by atoms with E-state index < -0.39 is 0 Å². The maximum atomic E-state index is 12.1. The molecule has 1 aromatic carbocycles. The predicted molar refractivity (Wildman–Crippen MR) is 97.6 cm³/mol. The molecule has 24 heavy (non-hydrogen) atoms. The Morgan fingerprint density at radius 2 is 2.04 bits per heavy atom. The third-order valence-electron chi connectivity index (χ3n) is 3.88. The normalized spacial score (nSPS) is 12.1. The van der Waals surface area contributed by atoms with Crippen molar-refractivity contribution in [3.05, 3.63) is 40.3 Å². The zero-order chi connectivity index (χ0) is 17.5. The molecule has 0 fully saturated rings. The minimum atomic E-state index is -0.236. The number of nitrogens with zero attached hydrogens (tertiary/aromatic N) is 2. The molecule has 2 N–H and O–H groups in total. The van der Waals surface area contributed by atoms with Crippen LogP contribution in [0.15, 0.2) is 34.2 Å². The number of aromatic nitrogens is 3. The Morgan fingerprint density at radius 1 is 1.33 bits per heavy atom. The first-order chi connectivity index (χ1) is 11.5. The fourth-order valence-corrected chi connectivity index (χ4v) is 3.06. The van der Waals surface area contributed by atoms with E-state index >= 15 is 0 Å². The highest BCUT2D eigenvalue weighted by Crippen LogP contribution is 2.21. The van der Waals surface area contributed by atoms with Crippen molar-refractivity contribution in [3.8, 4) is 0 Å². The quantitative estimate of drug-likeness (QED) is 0.718. The second-order valence-electron chi connectivity index (χ2n) is 5.73. The van der Waals surface area contributed by atoms with E-state index in [2.05, 4.69) is 29.4 Å². The highest BCUT2D eigenvalue weighted by Gasteiger charge is 2.11. The first kappa shape index (κ1) is 18.3. The first-order valence-electron chi connectivity index (χ1n) is 8.23. The van der Waals surface area contributed by atoms with Gasteiger partial charge in [0.25, 0.3) is 0 Å². The number of amides is 1. The van der Waals surface area contributed by atoms with Gasteiger partial charge in [0.05, 0.1) is 5.75 Å². The van der Waals surface area contributed by atoms with E-state index in [9.17, 15) is 9.59 Å². The summed E-state index contributed by atoms with van der Waals surface area (Å²) in [6.07, 6.45) is 1.92. The lowest BCUT2D eigenvalue weighted by Crippen LogP contribution is -2.18. The molecule has 0 saturated carbocycles. The Hall–Kier alpha value is -2.02. The highest BCUT2D eigenvalue weighted by molar-refractivity contribution is 7.99. The molecule has 0 unspecified atom stereocenters. The summed E-state index contributed by atoms with van der Waals surface area (Å²) in [5.41, 5.74) is 1.81. The Labute approximate surface area is 146 Å². The molecular formula is C17H24N4O2S. The van der Waals surface area contributed by atoms with E-state index in [0.717, 1.165) is 18.5 Å². The molecule has 0 spiro atoms. The molecular weight excluding hydrogens is 324 g/mol. The number of carbonyl (C=O) groups excluding carboxylic acids is 1. The molecule has 0 saturated heterocycles. The number of anilines is 1. The number of aromatic amines is 1. The average molecular weight is 348 g/mol. The molecule has 0 bridgehead atoms. The lowest BCUT2D eigenvalue weighted by atomic mass is 9.99. The fourth-order valence-electron chi connectivity index (χ4n) is 2.29. The largest absolute Gasteiger partial charge is 0.343 e. The molecule has 0 aliphatic carbocycles. The number of thioether (sulfide) groups is 1. The van der Waals surface area contributed by atoms with Gasteiger partial charge < -0.3 is 5.32 Å². The van der Waals surface area contributed by atoms with Gasteiger partial charge in [0.2, 0.25) is 5.91 Å². The van der Waals surface area contributed by atoms with Crippen LogP contribution in [0.4, 0.5) is 5.69 Å². The molecule has 1 amide bonds. The van der Waals surface area contributed by atoms with E-state index in [1.165, 1.54) is 17.3 Å². The number of carbonyl (C=O) groups is 1. The van der Waals surface area contributed by atoms with Gasteiger partial charge in [0.15, 0.2) is 5.16 Å². The minimum absolute atomic E-state index is 0.116. The summed E-state index contributed by atoms with van der Waals surface area (Å²) in [7, 11) is 0. The number of rotatable bonds is 8. The molecule has 6 nitrogen and oxygen atoms in total. The van der Waals surface area contributed by atoms with Crippen LogP contribution < -0.4 is 11.0 Å². The van der Waals surface area contributed by atoms with Crippen molar-refractivity contribution >= 4 is 23.4 Å². The second kappa shape index (κ2) is 8.73. The Kier molecular flexibility index (Phi) is 6.66. The standard InChI is InChI=1S/C17H24N4O2S/c1-4-10-21-16(23)19-20-17(21)24-11-15(22)18-14-8-6-13(7-9-14)12(3)5-2/h6-9,12H,4-5,10-11H2,1-3H3,(H,18,22)(H,19,23)/t12-/m1/s1. The molecule has 0 aliphatic rings. The molecule has 0 aliphatic heterocycles. The average Bonchev–Trinajstić information content (AvgIpc) is 2.93. The van der Waals surface area contributed by atoms with Crippen LogP contribution in [-0.2, 0) is 11.3 Å². The van der Waals surface area contributed by atoms with Gasteiger partial charge in [-0.1, -0.05) is 44.7 Å². The maximum Gasteiger partial charge on any atom is 0.343 e. The number of hydrogen-bond acceptors (Lipinski definition) is 4. The van der Waals surface area contributed by atoms with Crippen molar-refractivity contribution in [1.29, 1.82) is 0 Å². The molecule has 2 rings (SSSR count). The molecule has 2 aromatic rings. The van der Waals surface area contributed by atoms with Crippen LogP contribution in [0.25, 0.3) is 0 Å². The van der Waals surface area contributed by atoms with E-state index in [1.807, 2.05) is 31.2 Å². The fraction of sp³-hybridized carbons (Fsp3) is 0.471. The molecule has 7 heteroatoms. The van der Waals surface area contributed by atoms with Crippen LogP contribution in [0.1, 0.15) is 45.1 Å². The second-order valence-corrected chi connectivity index (χ2v) is 6.67. The Balaban J connectivity index is 1.91. The predicted octanol–water partition coefficient (Wildman–Crippen LogP) is 3.23. The van der Waals surface area contributed by atoms with Crippen LogP contribution in [0.2, 0.25) is 0 Å². The lowest BCUT2D eigenvalue weighted by molar-refractivity contribution is -0.113. The van der Waals surface area contributed by atoms with Gasteiger partial charge >= 0.3 is 5.69 Å². The molecule has 1 heterocycles. The van der Waals surface area contributed by atoms with Crippen LogP contribution in [0.5, 0.6) is 0 Å². The van der Waals surface area contributed by atoms with Crippen molar-refractivity contribution in [2.45, 2.75) is 51.2 Å². The van der Waals surface area contributed by atoms with Crippen molar-refractivity contribution in [3.63, 3.8) is 0 Å². The summed E-state index contributed by atoms with van der Waals surface area (Å²) < 4.78 is 1.55. The maximum absolute atomic E-state index is 12.1. The van der Waals surface area contributed by atoms with Gasteiger partial charge in [-0.2, -0.15) is 0 Å². The topological polar surface area (TPSA) is 79.8 Å². The van der Waals surface area contributed by atoms with Crippen LogP contribution in [-0.4, -0.2) is 26.4 Å². The number of nitrogens with one attached hydrogen (secondary N) is 2. The SMILES string of the molecule is CCCn1c(SCC(=O)Nc2ccc([C@H](C)CC)cc2)n[nH]c1=O. The van der Waals surface area contributed by atoms with Crippen LogP contribution >= 0.6 is 11.8 Å². The third-order valence-corrected chi connectivity index (χ3v) is 4.86. The third kappa shape index (κ3) is 4.74. The van der Waals surface area contributed by atoms with Crippen LogP contribution in [0.3, 0.4) is 0 Å². The van der Waals surface area contributed by atoms with Crippen molar-refractivity contribution in [1.82, 2.24) is 14.8 Å². The summed E-state index contributed by atoms with van der Waals surface area (Å²) in [5.74, 6) is 0.608. The van der Waals surface area contributed by atoms with Crippen molar-refractivity contribution in [2.24, 2.45) is 0 Å². The van der Waals surface area contributed by atoms with E-state index in [0.29, 0.717) is 17.6 Å². The molecule has 1 atom stereocenters. The summed E-state index contributed by atoms with van der Waals surface area (Å²) in [6, 6.07) is 7.93. The summed E-state index contributed by atoms with van der Waals surface area (Å²) in [5, 5.41) is 9.80. The molecule has 0 radical (unpaired) electrons. The van der Waals surface area contributed by atoms with Crippen molar-refractivity contribution in [2.75, 3.05) is 11.1 Å². The highest BCUT2D eigenvalue weighted by atomic mass is 32.2. The summed E-state index contributed by atoms with van der Waals surface area (Å²) >= 11 is 1.26. The van der Waals surface area contributed by atoms with Gasteiger partial charge in [-0.15, -0.1) is 5.10 Å². The van der Waals surface area contributed by atoms with Crippen LogP contribution in [0, 0.1) is 0 Å². The lowest BCUT2D eigenvalue weighted by Gasteiger charge is -2.10. The number of benzene rings is 1. The van der Waals surface area contributed by atoms with Gasteiger partial charge in [0.1, 0.15) is 0 Å². The minimum Gasteiger partial charge on any atom is -0.325 e. The first-order valence-corrected chi connectivity index (χ1v) is 9.21. The zero-order valence-electron chi connectivity index (χ0n) is 14.3. The van der Waals surface area contributed by atoms with Gasteiger partial charge in [-0.3, -0.25) is 9.36 Å². The number of H-pyrrole nitrogens is 1. The zero-order valence-corrected chi connectivity index (χ0v) is 15.2. The van der Waals surface area contributed by atoms with Gasteiger partial charge in [0, 0.05) is 12.2 Å². The van der Waals surface area contributed by atoms with Crippen molar-refractivity contribution < 1.29 is 4.79 Å². The smallest absolute Gasteiger partial charge is 0.325 e. The van der Waals surface area contributed by atoms with Gasteiger partial charge in [-0.25, -0.2) is 9.89 Å². The van der Waals surface area contributed by atoms with E-state index in [1.54, 1.807) is 4.57 Å². The molecule has 130 valence electrons. The summed E-state index contributed by atoms with van der Waals surface area (Å²) in [6.45, 7) is 6.93. The monoisotopic (exact) mass is 348 g/mol. The Morgan fingerprint density at radius 3 is 2.67 bits per heavy atom. The number of hydrogen-bond donors (Lipinski definition) is 2.